The van der Waals surface area contributed by atoms with E-state index >= 15 is 0 Å². The van der Waals surface area contributed by atoms with Crippen LogP contribution in [0.25, 0.3) is 0 Å². The van der Waals surface area contributed by atoms with Crippen molar-refractivity contribution in [2.45, 2.75) is 36.7 Å². The number of amides is 1. The highest BCUT2D eigenvalue weighted by Gasteiger charge is 2.34. The Balaban J connectivity index is 1.51. The van der Waals surface area contributed by atoms with E-state index in [1.54, 1.807) is 17.8 Å². The van der Waals surface area contributed by atoms with Crippen LogP contribution in [-0.4, -0.2) is 32.1 Å². The number of carbonyl (C=O) groups excluding carboxylic acids is 1. The molecule has 8 heteroatoms. The maximum atomic E-state index is 13.1. The first-order valence-corrected chi connectivity index (χ1v) is 11.5. The fourth-order valence-corrected chi connectivity index (χ4v) is 5.22. The predicted octanol–water partition coefficient (Wildman–Crippen LogP) is 5.70. The summed E-state index contributed by atoms with van der Waals surface area (Å²) in [6, 6.07) is 13.2. The van der Waals surface area contributed by atoms with E-state index in [0.717, 1.165) is 47.1 Å². The third-order valence-corrected chi connectivity index (χ3v) is 6.97. The number of nitrogens with zero attached hydrogens (tertiary/aromatic N) is 4. The van der Waals surface area contributed by atoms with Gasteiger partial charge < -0.3 is 9.47 Å². The van der Waals surface area contributed by atoms with Gasteiger partial charge in [-0.25, -0.2) is 0 Å². The molecule has 0 saturated carbocycles. The highest BCUT2D eigenvalue weighted by Crippen LogP contribution is 2.34. The fourth-order valence-electron chi connectivity index (χ4n) is 3.75. The number of hydrogen-bond acceptors (Lipinski definition) is 4. The SMILES string of the molecule is Cc1cccc(C(=O)N2CCCC2c2nnc(SCc3ccc(Cl)cc3Cl)n2C)c1. The van der Waals surface area contributed by atoms with Crippen LogP contribution in [0.3, 0.4) is 0 Å². The Morgan fingerprint density at radius 1 is 1.20 bits per heavy atom. The Morgan fingerprint density at radius 2 is 2.03 bits per heavy atom. The van der Waals surface area contributed by atoms with Crippen LogP contribution >= 0.6 is 35.0 Å². The molecule has 1 fully saturated rings. The van der Waals surface area contributed by atoms with Gasteiger partial charge in [0.05, 0.1) is 6.04 Å². The highest BCUT2D eigenvalue weighted by molar-refractivity contribution is 7.98. The Kier molecular flexibility index (Phi) is 6.37. The molecule has 2 heterocycles. The summed E-state index contributed by atoms with van der Waals surface area (Å²) in [7, 11) is 1.95. The van der Waals surface area contributed by atoms with E-state index in [-0.39, 0.29) is 11.9 Å². The molecular weight excluding hydrogens is 439 g/mol. The lowest BCUT2D eigenvalue weighted by Crippen LogP contribution is -2.32. The molecule has 1 aromatic heterocycles. The molecule has 156 valence electrons. The second-order valence-corrected chi connectivity index (χ2v) is 9.24. The van der Waals surface area contributed by atoms with Gasteiger partial charge in [-0.1, -0.05) is 58.7 Å². The molecule has 0 N–H and O–H groups in total. The summed E-state index contributed by atoms with van der Waals surface area (Å²) in [6.45, 7) is 2.73. The molecule has 1 saturated heterocycles. The Labute approximate surface area is 190 Å². The van der Waals surface area contributed by atoms with Crippen molar-refractivity contribution in [2.75, 3.05) is 6.54 Å². The zero-order chi connectivity index (χ0) is 21.3. The number of aryl methyl sites for hydroxylation is 1. The quantitative estimate of drug-likeness (QED) is 0.458. The van der Waals surface area contributed by atoms with E-state index in [1.807, 2.05) is 59.8 Å². The monoisotopic (exact) mass is 460 g/mol. The van der Waals surface area contributed by atoms with Crippen LogP contribution in [0.1, 0.15) is 46.2 Å². The molecule has 4 rings (SSSR count). The smallest absolute Gasteiger partial charge is 0.254 e. The van der Waals surface area contributed by atoms with Gasteiger partial charge in [-0.15, -0.1) is 10.2 Å². The van der Waals surface area contributed by atoms with E-state index in [1.165, 1.54) is 0 Å². The summed E-state index contributed by atoms with van der Waals surface area (Å²) < 4.78 is 1.99. The van der Waals surface area contributed by atoms with E-state index in [4.69, 9.17) is 23.2 Å². The maximum absolute atomic E-state index is 13.1. The van der Waals surface area contributed by atoms with Crippen molar-refractivity contribution in [3.8, 4) is 0 Å². The van der Waals surface area contributed by atoms with Gasteiger partial charge in [-0.2, -0.15) is 0 Å². The van der Waals surface area contributed by atoms with Gasteiger partial charge in [0.25, 0.3) is 5.91 Å². The molecule has 1 unspecified atom stereocenters. The van der Waals surface area contributed by atoms with Crippen molar-refractivity contribution in [3.63, 3.8) is 0 Å². The minimum absolute atomic E-state index is 0.0475. The van der Waals surface area contributed by atoms with Crippen molar-refractivity contribution >= 4 is 40.9 Å². The van der Waals surface area contributed by atoms with Gasteiger partial charge in [0, 0.05) is 35.0 Å². The molecule has 1 atom stereocenters. The van der Waals surface area contributed by atoms with Crippen LogP contribution in [-0.2, 0) is 12.8 Å². The standard InChI is InChI=1S/C22H22Cl2N4OS/c1-14-5-3-6-15(11-14)21(29)28-10-4-7-19(28)20-25-26-22(27(20)2)30-13-16-8-9-17(23)12-18(16)24/h3,5-6,8-9,11-12,19H,4,7,10,13H2,1-2H3. The first kappa shape index (κ1) is 21.2. The number of halogens is 2. The average Bonchev–Trinajstić information content (AvgIpc) is 3.33. The van der Waals surface area contributed by atoms with Crippen LogP contribution in [0.2, 0.25) is 10.0 Å². The van der Waals surface area contributed by atoms with Crippen molar-refractivity contribution in [1.29, 1.82) is 0 Å². The Bertz CT molecular complexity index is 1080. The third-order valence-electron chi connectivity index (χ3n) is 5.32. The summed E-state index contributed by atoms with van der Waals surface area (Å²) in [5.41, 5.74) is 2.79. The van der Waals surface area contributed by atoms with E-state index in [0.29, 0.717) is 15.8 Å². The minimum atomic E-state index is -0.0658. The average molecular weight is 461 g/mol. The van der Waals surface area contributed by atoms with Gasteiger partial charge in [-0.3, -0.25) is 4.79 Å². The Hall–Kier alpha value is -2.02. The molecule has 1 amide bonds. The largest absolute Gasteiger partial charge is 0.328 e. The van der Waals surface area contributed by atoms with Crippen molar-refractivity contribution < 1.29 is 4.79 Å². The molecule has 0 spiro atoms. The number of rotatable bonds is 5. The van der Waals surface area contributed by atoms with Crippen molar-refractivity contribution in [2.24, 2.45) is 7.05 Å². The van der Waals surface area contributed by atoms with E-state index < -0.39 is 0 Å². The molecular formula is C22H22Cl2N4OS. The fraction of sp³-hybridized carbons (Fsp3) is 0.318. The molecule has 5 nitrogen and oxygen atoms in total. The van der Waals surface area contributed by atoms with Crippen LogP contribution in [0, 0.1) is 6.92 Å². The Morgan fingerprint density at radius 3 is 2.80 bits per heavy atom. The van der Waals surface area contributed by atoms with Gasteiger partial charge in [0.1, 0.15) is 0 Å². The van der Waals surface area contributed by atoms with E-state index in [9.17, 15) is 4.79 Å². The number of hydrogen-bond donors (Lipinski definition) is 0. The third kappa shape index (κ3) is 4.36. The highest BCUT2D eigenvalue weighted by atomic mass is 35.5. The number of thioether (sulfide) groups is 1. The van der Waals surface area contributed by atoms with Crippen molar-refractivity contribution in [3.05, 3.63) is 75.0 Å². The lowest BCUT2D eigenvalue weighted by atomic mass is 10.1. The normalized spacial score (nSPS) is 16.3. The van der Waals surface area contributed by atoms with Crippen LogP contribution in [0.5, 0.6) is 0 Å². The summed E-state index contributed by atoms with van der Waals surface area (Å²) in [4.78, 5) is 15.0. The molecule has 2 aromatic carbocycles. The molecule has 0 bridgehead atoms. The lowest BCUT2D eigenvalue weighted by Gasteiger charge is -2.24. The molecule has 1 aliphatic heterocycles. The second kappa shape index (κ2) is 9.00. The molecule has 0 aliphatic carbocycles. The van der Waals surface area contributed by atoms with Gasteiger partial charge in [-0.05, 0) is 49.6 Å². The minimum Gasteiger partial charge on any atom is -0.328 e. The van der Waals surface area contributed by atoms with Crippen LogP contribution in [0.4, 0.5) is 0 Å². The zero-order valence-electron chi connectivity index (χ0n) is 16.8. The number of benzene rings is 2. The summed E-state index contributed by atoms with van der Waals surface area (Å²) in [6.07, 6.45) is 1.84. The zero-order valence-corrected chi connectivity index (χ0v) is 19.1. The first-order chi connectivity index (χ1) is 14.4. The molecule has 1 aliphatic rings. The van der Waals surface area contributed by atoms with E-state index in [2.05, 4.69) is 10.2 Å². The maximum Gasteiger partial charge on any atom is 0.254 e. The predicted molar refractivity (Wildman–Crippen MR) is 121 cm³/mol. The first-order valence-electron chi connectivity index (χ1n) is 9.77. The summed E-state index contributed by atoms with van der Waals surface area (Å²) in [5.74, 6) is 1.53. The van der Waals surface area contributed by atoms with Gasteiger partial charge in [0.2, 0.25) is 0 Å². The second-order valence-electron chi connectivity index (χ2n) is 7.45. The summed E-state index contributed by atoms with van der Waals surface area (Å²) in [5, 5.41) is 10.9. The number of aromatic nitrogens is 3. The lowest BCUT2D eigenvalue weighted by molar-refractivity contribution is 0.0727. The summed E-state index contributed by atoms with van der Waals surface area (Å²) >= 11 is 13.8. The number of carbonyl (C=O) groups is 1. The van der Waals surface area contributed by atoms with Crippen molar-refractivity contribution in [1.82, 2.24) is 19.7 Å². The van der Waals surface area contributed by atoms with Gasteiger partial charge >= 0.3 is 0 Å². The molecule has 0 radical (unpaired) electrons. The van der Waals surface area contributed by atoms with Gasteiger partial charge in [0.15, 0.2) is 11.0 Å². The number of likely N-dealkylation sites (tertiary alicyclic amines) is 1. The molecule has 30 heavy (non-hydrogen) atoms. The topological polar surface area (TPSA) is 51.0 Å². The molecule has 3 aromatic rings. The van der Waals surface area contributed by atoms with Crippen LogP contribution < -0.4 is 0 Å². The van der Waals surface area contributed by atoms with Crippen LogP contribution in [0.15, 0.2) is 47.6 Å².